The number of benzene rings is 1. The molecule has 1 aromatic carbocycles. The lowest BCUT2D eigenvalue weighted by Gasteiger charge is -2.06. The van der Waals surface area contributed by atoms with E-state index in [-0.39, 0.29) is 6.41 Å². The van der Waals surface area contributed by atoms with Crippen LogP contribution in [-0.4, -0.2) is 13.0 Å². The highest BCUT2D eigenvalue weighted by molar-refractivity contribution is 5.47. The van der Waals surface area contributed by atoms with Crippen molar-refractivity contribution in [1.29, 1.82) is 0 Å². The van der Waals surface area contributed by atoms with E-state index in [1.165, 1.54) is 0 Å². The Bertz CT molecular complexity index is 288. The number of carbonyl (C=O) groups is 1. The minimum absolute atomic E-state index is 0.250. The van der Waals surface area contributed by atoms with E-state index in [9.17, 15) is 0 Å². The first kappa shape index (κ1) is 16.7. The molecule has 4 heteroatoms. The number of rotatable bonds is 2. The zero-order valence-corrected chi connectivity index (χ0v) is 10.5. The van der Waals surface area contributed by atoms with Gasteiger partial charge in [0.15, 0.2) is 0 Å². The van der Waals surface area contributed by atoms with Crippen molar-refractivity contribution in [2.24, 2.45) is 5.73 Å². The number of amides is 1. The zero-order chi connectivity index (χ0) is 13.0. The lowest BCUT2D eigenvalue weighted by atomic mass is 10.2. The van der Waals surface area contributed by atoms with Gasteiger partial charge in [0, 0.05) is 11.8 Å². The van der Waals surface area contributed by atoms with Gasteiger partial charge in [-0.3, -0.25) is 4.79 Å². The van der Waals surface area contributed by atoms with Crippen molar-refractivity contribution in [2.75, 3.05) is 12.3 Å². The molecular formula is C12H22N2O2. The number of primary amides is 1. The molecular weight excluding hydrogens is 204 g/mol. The Hall–Kier alpha value is -1.71. The third kappa shape index (κ3) is 7.67. The van der Waals surface area contributed by atoms with Crippen LogP contribution in [0.1, 0.15) is 26.3 Å². The van der Waals surface area contributed by atoms with Gasteiger partial charge in [0.2, 0.25) is 6.41 Å². The molecule has 0 aromatic heterocycles. The summed E-state index contributed by atoms with van der Waals surface area (Å²) in [7, 11) is 0. The Kier molecular flexibility index (Phi) is 11.9. The molecule has 1 aromatic rings. The molecule has 0 saturated carbocycles. The Labute approximate surface area is 97.6 Å². The Morgan fingerprint density at radius 2 is 1.88 bits per heavy atom. The first-order valence-electron chi connectivity index (χ1n) is 5.30. The van der Waals surface area contributed by atoms with Crippen molar-refractivity contribution in [3.05, 3.63) is 23.8 Å². The highest BCUT2D eigenvalue weighted by atomic mass is 16.5. The van der Waals surface area contributed by atoms with Crippen molar-refractivity contribution in [3.63, 3.8) is 0 Å². The molecule has 0 saturated heterocycles. The van der Waals surface area contributed by atoms with E-state index in [2.05, 4.69) is 5.73 Å². The lowest BCUT2D eigenvalue weighted by molar-refractivity contribution is -0.106. The van der Waals surface area contributed by atoms with Gasteiger partial charge in [-0.05, 0) is 25.5 Å². The minimum Gasteiger partial charge on any atom is -0.494 e. The fourth-order valence-electron chi connectivity index (χ4n) is 0.928. The predicted molar refractivity (Wildman–Crippen MR) is 68.4 cm³/mol. The van der Waals surface area contributed by atoms with Crippen LogP contribution in [0.2, 0.25) is 0 Å². The second kappa shape index (κ2) is 11.4. The van der Waals surface area contributed by atoms with Crippen LogP contribution in [-0.2, 0) is 4.79 Å². The van der Waals surface area contributed by atoms with Gasteiger partial charge in [0.05, 0.1) is 6.61 Å². The number of nitrogens with two attached hydrogens (primary N) is 2. The average Bonchev–Trinajstić information content (AvgIpc) is 2.28. The molecule has 0 aliphatic heterocycles. The summed E-state index contributed by atoms with van der Waals surface area (Å²) in [5.41, 5.74) is 11.6. The molecule has 1 rings (SSSR count). The van der Waals surface area contributed by atoms with E-state index in [0.29, 0.717) is 6.61 Å². The van der Waals surface area contributed by atoms with Gasteiger partial charge in [0.1, 0.15) is 5.75 Å². The molecule has 0 bridgehead atoms. The standard InChI is InChI=1S/C9H13NO.C2H6.CH3NO/c1-3-11-9-6-8(10)5-4-7(9)2;1-2;2-1-3/h4-6H,3,10H2,1-2H3;1-2H3;1H,(H2,2,3). The normalized spacial score (nSPS) is 7.75. The van der Waals surface area contributed by atoms with Gasteiger partial charge in [-0.25, -0.2) is 0 Å². The molecule has 0 atom stereocenters. The quantitative estimate of drug-likeness (QED) is 0.598. The second-order valence-corrected chi connectivity index (χ2v) is 2.59. The second-order valence-electron chi connectivity index (χ2n) is 2.59. The molecule has 92 valence electrons. The maximum absolute atomic E-state index is 8.58. The molecule has 0 spiro atoms. The third-order valence-electron chi connectivity index (χ3n) is 1.51. The summed E-state index contributed by atoms with van der Waals surface area (Å²) in [5.74, 6) is 0.882. The van der Waals surface area contributed by atoms with E-state index in [1.54, 1.807) is 0 Å². The summed E-state index contributed by atoms with van der Waals surface area (Å²) >= 11 is 0. The number of hydrogen-bond donors (Lipinski definition) is 2. The number of hydrogen-bond acceptors (Lipinski definition) is 3. The summed E-state index contributed by atoms with van der Waals surface area (Å²) in [6.45, 7) is 8.65. The van der Waals surface area contributed by atoms with Gasteiger partial charge in [-0.2, -0.15) is 0 Å². The molecule has 0 radical (unpaired) electrons. The first-order valence-corrected chi connectivity index (χ1v) is 5.30. The topological polar surface area (TPSA) is 78.3 Å². The van der Waals surface area contributed by atoms with Crippen LogP contribution in [0.5, 0.6) is 5.75 Å². The number of anilines is 1. The summed E-state index contributed by atoms with van der Waals surface area (Å²) in [5, 5.41) is 0. The van der Waals surface area contributed by atoms with Crippen molar-refractivity contribution in [1.82, 2.24) is 0 Å². The van der Waals surface area contributed by atoms with Crippen LogP contribution in [0, 0.1) is 6.92 Å². The molecule has 0 heterocycles. The fraction of sp³-hybridized carbons (Fsp3) is 0.417. The van der Waals surface area contributed by atoms with E-state index in [1.807, 2.05) is 45.9 Å². The summed E-state index contributed by atoms with van der Waals surface area (Å²) in [6, 6.07) is 5.68. The van der Waals surface area contributed by atoms with Gasteiger partial charge < -0.3 is 16.2 Å². The molecule has 0 fully saturated rings. The number of carbonyl (C=O) groups excluding carboxylic acids is 1. The van der Waals surface area contributed by atoms with E-state index >= 15 is 0 Å². The van der Waals surface area contributed by atoms with Crippen LogP contribution in [0.15, 0.2) is 18.2 Å². The molecule has 0 aliphatic rings. The van der Waals surface area contributed by atoms with Crippen molar-refractivity contribution >= 4 is 12.1 Å². The average molecular weight is 226 g/mol. The van der Waals surface area contributed by atoms with Crippen molar-refractivity contribution in [2.45, 2.75) is 27.7 Å². The Balaban J connectivity index is 0. The number of nitrogen functional groups attached to an aromatic ring is 1. The molecule has 4 N–H and O–H groups in total. The smallest absolute Gasteiger partial charge is 0.204 e. The predicted octanol–water partition coefficient (Wildman–Crippen LogP) is 2.10. The Morgan fingerprint density at radius 3 is 2.31 bits per heavy atom. The van der Waals surface area contributed by atoms with Crippen LogP contribution in [0.4, 0.5) is 5.69 Å². The van der Waals surface area contributed by atoms with E-state index < -0.39 is 0 Å². The first-order chi connectivity index (χ1) is 7.65. The van der Waals surface area contributed by atoms with Crippen molar-refractivity contribution in [3.8, 4) is 5.75 Å². The SMILES string of the molecule is CC.CCOc1cc(N)ccc1C.NC=O. The minimum atomic E-state index is 0.250. The van der Waals surface area contributed by atoms with E-state index in [4.69, 9.17) is 15.3 Å². The van der Waals surface area contributed by atoms with Gasteiger partial charge in [-0.15, -0.1) is 0 Å². The van der Waals surface area contributed by atoms with Gasteiger partial charge in [-0.1, -0.05) is 19.9 Å². The summed E-state index contributed by atoms with van der Waals surface area (Å²) < 4.78 is 5.34. The molecule has 1 amide bonds. The summed E-state index contributed by atoms with van der Waals surface area (Å²) in [6.07, 6.45) is 0.250. The van der Waals surface area contributed by atoms with Crippen LogP contribution < -0.4 is 16.2 Å². The zero-order valence-electron chi connectivity index (χ0n) is 10.5. The monoisotopic (exact) mass is 226 g/mol. The number of ether oxygens (including phenoxy) is 1. The van der Waals surface area contributed by atoms with Crippen LogP contribution in [0.3, 0.4) is 0 Å². The molecule has 0 aliphatic carbocycles. The maximum atomic E-state index is 8.58. The van der Waals surface area contributed by atoms with Crippen molar-refractivity contribution < 1.29 is 9.53 Å². The number of aryl methyl sites for hydroxylation is 1. The van der Waals surface area contributed by atoms with Gasteiger partial charge in [0.25, 0.3) is 0 Å². The maximum Gasteiger partial charge on any atom is 0.204 e. The fourth-order valence-corrected chi connectivity index (χ4v) is 0.928. The Morgan fingerprint density at radius 1 is 1.38 bits per heavy atom. The van der Waals surface area contributed by atoms with E-state index in [0.717, 1.165) is 17.0 Å². The van der Waals surface area contributed by atoms with Gasteiger partial charge >= 0.3 is 0 Å². The molecule has 16 heavy (non-hydrogen) atoms. The molecule has 0 unspecified atom stereocenters. The van der Waals surface area contributed by atoms with Crippen LogP contribution in [0.25, 0.3) is 0 Å². The largest absolute Gasteiger partial charge is 0.494 e. The highest BCUT2D eigenvalue weighted by Crippen LogP contribution is 2.20. The summed E-state index contributed by atoms with van der Waals surface area (Å²) in [4.78, 5) is 8.58. The molecule has 4 nitrogen and oxygen atoms in total. The van der Waals surface area contributed by atoms with Crippen LogP contribution >= 0.6 is 0 Å². The third-order valence-corrected chi connectivity index (χ3v) is 1.51. The lowest BCUT2D eigenvalue weighted by Crippen LogP contribution is -1.95. The highest BCUT2D eigenvalue weighted by Gasteiger charge is 1.97.